The SMILES string of the molecule is C[C@H]1C[C@H](C)CN(S(=O)(=O)c2ccc(F)c(C(=O)Nc3ccc(Cl)cc3)c2)C1. The monoisotopic (exact) mass is 424 g/mol. The summed E-state index contributed by atoms with van der Waals surface area (Å²) >= 11 is 5.81. The molecule has 0 aromatic heterocycles. The molecule has 1 aliphatic rings. The standard InChI is InChI=1S/C20H22ClFN2O3S/c1-13-9-14(2)12-24(11-13)28(26,27)17-7-8-19(22)18(10-17)20(25)23-16-5-3-15(21)4-6-16/h3-8,10,13-14H,9,11-12H2,1-2H3,(H,23,25)/t13-,14-/m0/s1. The summed E-state index contributed by atoms with van der Waals surface area (Å²) < 4.78 is 41.7. The number of rotatable bonds is 4. The third-order valence-corrected chi connectivity index (χ3v) is 6.84. The number of carbonyl (C=O) groups excluding carboxylic acids is 1. The summed E-state index contributed by atoms with van der Waals surface area (Å²) in [6, 6.07) is 9.65. The molecule has 1 amide bonds. The predicted molar refractivity (Wildman–Crippen MR) is 108 cm³/mol. The van der Waals surface area contributed by atoms with Gasteiger partial charge in [0.05, 0.1) is 10.5 Å². The molecule has 1 aliphatic heterocycles. The van der Waals surface area contributed by atoms with E-state index in [-0.39, 0.29) is 22.3 Å². The van der Waals surface area contributed by atoms with Crippen molar-refractivity contribution in [3.8, 4) is 0 Å². The van der Waals surface area contributed by atoms with Crippen LogP contribution in [0.1, 0.15) is 30.6 Å². The molecule has 0 radical (unpaired) electrons. The maximum absolute atomic E-state index is 14.3. The first kappa shape index (κ1) is 20.8. The molecule has 2 aromatic carbocycles. The van der Waals surface area contributed by atoms with Gasteiger partial charge in [0, 0.05) is 23.8 Å². The Kier molecular flexibility index (Phi) is 6.07. The first-order valence-electron chi connectivity index (χ1n) is 9.03. The molecule has 1 fully saturated rings. The van der Waals surface area contributed by atoms with Crippen LogP contribution in [-0.4, -0.2) is 31.7 Å². The van der Waals surface area contributed by atoms with Gasteiger partial charge < -0.3 is 5.32 Å². The molecule has 3 rings (SSSR count). The van der Waals surface area contributed by atoms with Gasteiger partial charge in [-0.15, -0.1) is 0 Å². The highest BCUT2D eigenvalue weighted by atomic mass is 35.5. The van der Waals surface area contributed by atoms with Crippen LogP contribution in [0, 0.1) is 17.7 Å². The van der Waals surface area contributed by atoms with E-state index in [4.69, 9.17) is 11.6 Å². The molecule has 1 heterocycles. The number of amides is 1. The first-order valence-corrected chi connectivity index (χ1v) is 10.8. The van der Waals surface area contributed by atoms with Crippen molar-refractivity contribution in [2.45, 2.75) is 25.2 Å². The average Bonchev–Trinajstić information content (AvgIpc) is 2.63. The van der Waals surface area contributed by atoms with Gasteiger partial charge in [-0.05, 0) is 60.7 Å². The van der Waals surface area contributed by atoms with Gasteiger partial charge in [-0.3, -0.25) is 4.79 Å². The lowest BCUT2D eigenvalue weighted by Crippen LogP contribution is -2.42. The van der Waals surface area contributed by atoms with E-state index >= 15 is 0 Å². The predicted octanol–water partition coefficient (Wildman–Crippen LogP) is 4.40. The zero-order valence-electron chi connectivity index (χ0n) is 15.7. The molecule has 0 unspecified atom stereocenters. The number of nitrogens with one attached hydrogen (secondary N) is 1. The van der Waals surface area contributed by atoms with Gasteiger partial charge in [0.1, 0.15) is 5.82 Å². The summed E-state index contributed by atoms with van der Waals surface area (Å²) in [4.78, 5) is 12.4. The van der Waals surface area contributed by atoms with Gasteiger partial charge in [0.15, 0.2) is 0 Å². The largest absolute Gasteiger partial charge is 0.322 e. The number of carbonyl (C=O) groups is 1. The Labute approximate surface area is 169 Å². The molecular weight excluding hydrogens is 403 g/mol. The average molecular weight is 425 g/mol. The van der Waals surface area contributed by atoms with Crippen molar-refractivity contribution in [1.82, 2.24) is 4.31 Å². The molecular formula is C20H22ClFN2O3S. The van der Waals surface area contributed by atoms with E-state index < -0.39 is 21.7 Å². The van der Waals surface area contributed by atoms with E-state index in [1.165, 1.54) is 10.4 Å². The molecule has 1 N–H and O–H groups in total. The minimum atomic E-state index is -3.81. The summed E-state index contributed by atoms with van der Waals surface area (Å²) in [5.41, 5.74) is 0.106. The fourth-order valence-electron chi connectivity index (χ4n) is 3.52. The zero-order valence-corrected chi connectivity index (χ0v) is 17.2. The van der Waals surface area contributed by atoms with Crippen molar-refractivity contribution in [1.29, 1.82) is 0 Å². The molecule has 8 heteroatoms. The van der Waals surface area contributed by atoms with E-state index in [0.717, 1.165) is 18.6 Å². The molecule has 1 saturated heterocycles. The van der Waals surface area contributed by atoms with Crippen molar-refractivity contribution >= 4 is 33.2 Å². The molecule has 150 valence electrons. The number of benzene rings is 2. The van der Waals surface area contributed by atoms with Crippen molar-refractivity contribution in [3.05, 3.63) is 58.9 Å². The topological polar surface area (TPSA) is 66.5 Å². The Hall–Kier alpha value is -1.96. The quantitative estimate of drug-likeness (QED) is 0.791. The van der Waals surface area contributed by atoms with Gasteiger partial charge in [-0.1, -0.05) is 25.4 Å². The number of nitrogens with zero attached hydrogens (tertiary/aromatic N) is 1. The van der Waals surface area contributed by atoms with E-state index in [1.54, 1.807) is 24.3 Å². The zero-order chi connectivity index (χ0) is 20.5. The van der Waals surface area contributed by atoms with Crippen molar-refractivity contribution in [2.75, 3.05) is 18.4 Å². The number of hydrogen-bond acceptors (Lipinski definition) is 3. The first-order chi connectivity index (χ1) is 13.2. The summed E-state index contributed by atoms with van der Waals surface area (Å²) in [6.07, 6.45) is 0.962. The third kappa shape index (κ3) is 4.54. The lowest BCUT2D eigenvalue weighted by molar-refractivity contribution is 0.102. The highest BCUT2D eigenvalue weighted by molar-refractivity contribution is 7.89. The van der Waals surface area contributed by atoms with Crippen molar-refractivity contribution < 1.29 is 17.6 Å². The fourth-order valence-corrected chi connectivity index (χ4v) is 5.35. The van der Waals surface area contributed by atoms with Crippen molar-refractivity contribution in [3.63, 3.8) is 0 Å². The second-order valence-electron chi connectivity index (χ2n) is 7.37. The van der Waals surface area contributed by atoms with Crippen LogP contribution >= 0.6 is 11.6 Å². The number of sulfonamides is 1. The molecule has 0 saturated carbocycles. The number of anilines is 1. The number of hydrogen-bond donors (Lipinski definition) is 1. The molecule has 0 aliphatic carbocycles. The van der Waals surface area contributed by atoms with Gasteiger partial charge in [0.25, 0.3) is 5.91 Å². The Morgan fingerprint density at radius 3 is 2.32 bits per heavy atom. The van der Waals surface area contributed by atoms with Gasteiger partial charge in [0.2, 0.25) is 10.0 Å². The number of halogens is 2. The third-order valence-electron chi connectivity index (χ3n) is 4.76. The van der Waals surface area contributed by atoms with Crippen LogP contribution < -0.4 is 5.32 Å². The maximum atomic E-state index is 14.3. The van der Waals surface area contributed by atoms with E-state index in [1.807, 2.05) is 13.8 Å². The summed E-state index contributed by atoms with van der Waals surface area (Å²) in [6.45, 7) is 4.84. The van der Waals surface area contributed by atoms with Crippen LogP contribution in [0.25, 0.3) is 0 Å². The molecule has 2 aromatic rings. The van der Waals surface area contributed by atoms with Crippen LogP contribution in [0.4, 0.5) is 10.1 Å². The normalized spacial score (nSPS) is 20.7. The summed E-state index contributed by atoms with van der Waals surface area (Å²) in [5.74, 6) is -1.03. The fraction of sp³-hybridized carbons (Fsp3) is 0.350. The molecule has 0 spiro atoms. The molecule has 2 atom stereocenters. The van der Waals surface area contributed by atoms with E-state index in [9.17, 15) is 17.6 Å². The summed E-state index contributed by atoms with van der Waals surface area (Å²) in [5, 5.41) is 3.05. The number of piperidine rings is 1. The lowest BCUT2D eigenvalue weighted by atomic mass is 9.94. The van der Waals surface area contributed by atoms with Crippen LogP contribution in [0.15, 0.2) is 47.4 Å². The maximum Gasteiger partial charge on any atom is 0.258 e. The molecule has 5 nitrogen and oxygen atoms in total. The smallest absolute Gasteiger partial charge is 0.258 e. The van der Waals surface area contributed by atoms with Gasteiger partial charge in [-0.25, -0.2) is 12.8 Å². The Balaban J connectivity index is 1.88. The Bertz CT molecular complexity index is 969. The Morgan fingerprint density at radius 1 is 1.11 bits per heavy atom. The molecule has 0 bridgehead atoms. The van der Waals surface area contributed by atoms with Crippen LogP contribution in [0.2, 0.25) is 5.02 Å². The second kappa shape index (κ2) is 8.19. The van der Waals surface area contributed by atoms with Crippen LogP contribution in [-0.2, 0) is 10.0 Å². The Morgan fingerprint density at radius 2 is 1.71 bits per heavy atom. The minimum Gasteiger partial charge on any atom is -0.322 e. The molecule has 28 heavy (non-hydrogen) atoms. The van der Waals surface area contributed by atoms with Crippen LogP contribution in [0.5, 0.6) is 0 Å². The summed E-state index contributed by atoms with van der Waals surface area (Å²) in [7, 11) is -3.81. The van der Waals surface area contributed by atoms with Gasteiger partial charge >= 0.3 is 0 Å². The van der Waals surface area contributed by atoms with E-state index in [0.29, 0.717) is 23.8 Å². The highest BCUT2D eigenvalue weighted by Gasteiger charge is 2.32. The van der Waals surface area contributed by atoms with Crippen LogP contribution in [0.3, 0.4) is 0 Å². The van der Waals surface area contributed by atoms with E-state index in [2.05, 4.69) is 5.32 Å². The minimum absolute atomic E-state index is 0.0866. The highest BCUT2D eigenvalue weighted by Crippen LogP contribution is 2.27. The lowest BCUT2D eigenvalue weighted by Gasteiger charge is -2.34. The van der Waals surface area contributed by atoms with Crippen molar-refractivity contribution in [2.24, 2.45) is 11.8 Å². The second-order valence-corrected chi connectivity index (χ2v) is 9.75. The van der Waals surface area contributed by atoms with Gasteiger partial charge in [-0.2, -0.15) is 4.31 Å².